The third-order valence-electron chi connectivity index (χ3n) is 3.72. The van der Waals surface area contributed by atoms with Gasteiger partial charge in [0.25, 0.3) is 10.0 Å². The fraction of sp³-hybridized carbons (Fsp3) is 0.316. The molecule has 2 aromatic carbocycles. The number of hydrogen-bond donors (Lipinski definition) is 3. The van der Waals surface area contributed by atoms with Gasteiger partial charge in [-0.3, -0.25) is 4.72 Å². The van der Waals surface area contributed by atoms with E-state index in [2.05, 4.69) is 15.4 Å². The molecule has 0 saturated carbocycles. The van der Waals surface area contributed by atoms with Crippen LogP contribution in [0.25, 0.3) is 0 Å². The summed E-state index contributed by atoms with van der Waals surface area (Å²) in [4.78, 5) is 0.204. The van der Waals surface area contributed by atoms with E-state index >= 15 is 0 Å². The first-order valence-corrected chi connectivity index (χ1v) is 10.6. The Balaban J connectivity index is 2.03. The van der Waals surface area contributed by atoms with Gasteiger partial charge in [0.05, 0.1) is 4.90 Å². The molecular weight excluding hydrogens is 382 g/mol. The van der Waals surface area contributed by atoms with Crippen LogP contribution in [0.3, 0.4) is 0 Å². The van der Waals surface area contributed by atoms with Crippen LogP contribution in [0.2, 0.25) is 0 Å². The van der Waals surface area contributed by atoms with Crippen molar-refractivity contribution in [1.82, 2.24) is 5.32 Å². The molecule has 146 valence electrons. The van der Waals surface area contributed by atoms with Gasteiger partial charge in [0, 0.05) is 31.1 Å². The van der Waals surface area contributed by atoms with Crippen molar-refractivity contribution in [3.8, 4) is 0 Å². The van der Waals surface area contributed by atoms with E-state index in [1.165, 1.54) is 0 Å². The molecule has 0 aromatic heterocycles. The van der Waals surface area contributed by atoms with Crippen molar-refractivity contribution in [3.05, 3.63) is 54.1 Å². The average Bonchev–Trinajstić information content (AvgIpc) is 2.63. The highest BCUT2D eigenvalue weighted by Crippen LogP contribution is 2.23. The lowest BCUT2D eigenvalue weighted by molar-refractivity contribution is 0.146. The molecule has 0 aliphatic rings. The Labute approximate surface area is 166 Å². The smallest absolute Gasteiger partial charge is 0.262 e. The van der Waals surface area contributed by atoms with Crippen molar-refractivity contribution < 1.29 is 13.2 Å². The Hall–Kier alpha value is -2.16. The largest absolute Gasteiger partial charge is 0.382 e. The highest BCUT2D eigenvalue weighted by Gasteiger charge is 2.17. The summed E-state index contributed by atoms with van der Waals surface area (Å²) in [5.74, 6) is 0. The zero-order chi connectivity index (χ0) is 19.7. The number of anilines is 2. The molecule has 6 nitrogen and oxygen atoms in total. The summed E-state index contributed by atoms with van der Waals surface area (Å²) >= 11 is 5.26. The van der Waals surface area contributed by atoms with Crippen LogP contribution in [-0.4, -0.2) is 33.3 Å². The van der Waals surface area contributed by atoms with E-state index in [4.69, 9.17) is 17.0 Å². The Morgan fingerprint density at radius 1 is 1.11 bits per heavy atom. The Morgan fingerprint density at radius 2 is 1.85 bits per heavy atom. The third kappa shape index (κ3) is 6.82. The molecule has 0 aliphatic carbocycles. The molecule has 0 saturated heterocycles. The number of ether oxygens (including phenoxy) is 1. The number of sulfonamides is 1. The van der Waals surface area contributed by atoms with Crippen molar-refractivity contribution in [1.29, 1.82) is 0 Å². The lowest BCUT2D eigenvalue weighted by Gasteiger charge is -2.14. The van der Waals surface area contributed by atoms with Crippen molar-refractivity contribution >= 4 is 38.7 Å². The molecule has 27 heavy (non-hydrogen) atoms. The van der Waals surface area contributed by atoms with Crippen LogP contribution in [0, 0.1) is 6.92 Å². The van der Waals surface area contributed by atoms with Crippen LogP contribution < -0.4 is 15.4 Å². The first kappa shape index (κ1) is 21.1. The summed E-state index contributed by atoms with van der Waals surface area (Å²) in [6.45, 7) is 5.76. The van der Waals surface area contributed by atoms with E-state index in [1.54, 1.807) is 49.4 Å². The van der Waals surface area contributed by atoms with Crippen molar-refractivity contribution in [2.24, 2.45) is 0 Å². The summed E-state index contributed by atoms with van der Waals surface area (Å²) in [6.07, 6.45) is 0.837. The molecule has 0 heterocycles. The predicted octanol–water partition coefficient (Wildman–Crippen LogP) is 3.51. The predicted molar refractivity (Wildman–Crippen MR) is 114 cm³/mol. The van der Waals surface area contributed by atoms with Crippen molar-refractivity contribution in [2.75, 3.05) is 29.8 Å². The van der Waals surface area contributed by atoms with Gasteiger partial charge in [0.2, 0.25) is 0 Å². The van der Waals surface area contributed by atoms with E-state index in [0.29, 0.717) is 41.8 Å². The Bertz CT molecular complexity index is 856. The van der Waals surface area contributed by atoms with Crippen molar-refractivity contribution in [3.63, 3.8) is 0 Å². The second kappa shape index (κ2) is 10.2. The van der Waals surface area contributed by atoms with Crippen LogP contribution >= 0.6 is 12.2 Å². The van der Waals surface area contributed by atoms with Crippen LogP contribution in [0.4, 0.5) is 11.4 Å². The fourth-order valence-electron chi connectivity index (χ4n) is 2.38. The molecular formula is C19H25N3O3S2. The van der Waals surface area contributed by atoms with Gasteiger partial charge < -0.3 is 15.4 Å². The molecule has 3 N–H and O–H groups in total. The minimum atomic E-state index is -3.70. The second-order valence-electron chi connectivity index (χ2n) is 5.88. The lowest BCUT2D eigenvalue weighted by atomic mass is 10.2. The van der Waals surface area contributed by atoms with E-state index in [-0.39, 0.29) is 4.90 Å². The van der Waals surface area contributed by atoms with Gasteiger partial charge in [-0.15, -0.1) is 0 Å². The molecule has 0 amide bonds. The first-order valence-electron chi connectivity index (χ1n) is 8.73. The molecule has 0 fully saturated rings. The van der Waals surface area contributed by atoms with Gasteiger partial charge in [-0.2, -0.15) is 0 Å². The highest BCUT2D eigenvalue weighted by molar-refractivity contribution is 7.92. The zero-order valence-electron chi connectivity index (χ0n) is 15.5. The number of para-hydroxylation sites is 1. The summed E-state index contributed by atoms with van der Waals surface area (Å²) in [6, 6.07) is 13.9. The van der Waals surface area contributed by atoms with Gasteiger partial charge in [-0.25, -0.2) is 8.42 Å². The Morgan fingerprint density at radius 3 is 2.56 bits per heavy atom. The number of rotatable bonds is 9. The maximum atomic E-state index is 12.7. The molecule has 0 atom stereocenters. The van der Waals surface area contributed by atoms with Gasteiger partial charge in [-0.1, -0.05) is 24.3 Å². The summed E-state index contributed by atoms with van der Waals surface area (Å²) < 4.78 is 33.3. The number of hydrogen-bond acceptors (Lipinski definition) is 4. The number of aryl methyl sites for hydroxylation is 1. The standard InChI is InChI=1S/C19H25N3O3S2/c1-3-25-13-7-12-20-19(26)21-17-11-10-15(2)18(14-17)27(23,24)22-16-8-5-4-6-9-16/h4-6,8-11,14,22H,3,7,12-13H2,1-2H3,(H2,20,21,26). The molecule has 0 aliphatic heterocycles. The average molecular weight is 408 g/mol. The molecule has 8 heteroatoms. The summed E-state index contributed by atoms with van der Waals surface area (Å²) in [5, 5.41) is 6.54. The van der Waals surface area contributed by atoms with E-state index in [9.17, 15) is 8.42 Å². The first-order chi connectivity index (χ1) is 12.9. The molecule has 0 unspecified atom stereocenters. The zero-order valence-corrected chi connectivity index (χ0v) is 17.1. The summed E-state index contributed by atoms with van der Waals surface area (Å²) in [5.41, 5.74) is 1.78. The fourth-order valence-corrected chi connectivity index (χ4v) is 3.93. The van der Waals surface area contributed by atoms with Gasteiger partial charge in [-0.05, 0) is 62.3 Å². The van der Waals surface area contributed by atoms with Gasteiger partial charge >= 0.3 is 0 Å². The monoisotopic (exact) mass is 407 g/mol. The molecule has 2 aromatic rings. The molecule has 0 radical (unpaired) electrons. The quantitative estimate of drug-likeness (QED) is 0.436. The van der Waals surface area contributed by atoms with E-state index < -0.39 is 10.0 Å². The minimum Gasteiger partial charge on any atom is -0.382 e. The molecule has 2 rings (SSSR count). The Kier molecular flexibility index (Phi) is 8.02. The maximum absolute atomic E-state index is 12.7. The van der Waals surface area contributed by atoms with Crippen LogP contribution in [0.1, 0.15) is 18.9 Å². The normalized spacial score (nSPS) is 11.0. The third-order valence-corrected chi connectivity index (χ3v) is 5.49. The number of thiocarbonyl (C=S) groups is 1. The van der Waals surface area contributed by atoms with Gasteiger partial charge in [0.1, 0.15) is 0 Å². The lowest BCUT2D eigenvalue weighted by Crippen LogP contribution is -2.30. The van der Waals surface area contributed by atoms with Crippen molar-refractivity contribution in [2.45, 2.75) is 25.2 Å². The molecule has 0 bridgehead atoms. The van der Waals surface area contributed by atoms with Crippen LogP contribution in [0.15, 0.2) is 53.4 Å². The highest BCUT2D eigenvalue weighted by atomic mass is 32.2. The topological polar surface area (TPSA) is 79.5 Å². The van der Waals surface area contributed by atoms with E-state index in [1.807, 2.05) is 13.0 Å². The molecule has 0 spiro atoms. The number of nitrogens with one attached hydrogen (secondary N) is 3. The van der Waals surface area contributed by atoms with Crippen LogP contribution in [0.5, 0.6) is 0 Å². The van der Waals surface area contributed by atoms with E-state index in [0.717, 1.165) is 6.42 Å². The van der Waals surface area contributed by atoms with Gasteiger partial charge in [0.15, 0.2) is 5.11 Å². The summed E-state index contributed by atoms with van der Waals surface area (Å²) in [7, 11) is -3.70. The van der Waals surface area contributed by atoms with Crippen LogP contribution in [-0.2, 0) is 14.8 Å². The second-order valence-corrected chi connectivity index (χ2v) is 7.94. The SMILES string of the molecule is CCOCCCNC(=S)Nc1ccc(C)c(S(=O)(=O)Nc2ccccc2)c1. The minimum absolute atomic E-state index is 0.204. The number of benzene rings is 2. The maximum Gasteiger partial charge on any atom is 0.262 e.